The first-order chi connectivity index (χ1) is 7.27. The standard InChI is InChI=1S/C12H10N2S/c1-8-14(2)11-6-5-10-9(12(11)15-8)4-3-7-13-10/h3-7H,1H2,2H3. The van der Waals surface area contributed by atoms with Gasteiger partial charge in [0.15, 0.2) is 0 Å². The fourth-order valence-corrected chi connectivity index (χ4v) is 2.87. The summed E-state index contributed by atoms with van der Waals surface area (Å²) in [7, 11) is 2.05. The van der Waals surface area contributed by atoms with Crippen molar-refractivity contribution >= 4 is 28.4 Å². The van der Waals surface area contributed by atoms with E-state index in [9.17, 15) is 0 Å². The highest BCUT2D eigenvalue weighted by atomic mass is 32.2. The SMILES string of the molecule is C=C1Sc2c(ccc3ncccc23)N1C. The average molecular weight is 214 g/mol. The van der Waals surface area contributed by atoms with Gasteiger partial charge in [0.25, 0.3) is 0 Å². The topological polar surface area (TPSA) is 16.1 Å². The van der Waals surface area contributed by atoms with Crippen molar-refractivity contribution in [3.05, 3.63) is 42.1 Å². The Hall–Kier alpha value is -1.48. The van der Waals surface area contributed by atoms with Gasteiger partial charge in [0.05, 0.1) is 16.2 Å². The molecule has 0 saturated heterocycles. The molecule has 0 spiro atoms. The number of fused-ring (bicyclic) bond motifs is 3. The first-order valence-corrected chi connectivity index (χ1v) is 5.57. The number of nitrogens with zero attached hydrogens (tertiary/aromatic N) is 2. The van der Waals surface area contributed by atoms with Gasteiger partial charge in [-0.05, 0) is 18.2 Å². The first-order valence-electron chi connectivity index (χ1n) is 4.75. The molecule has 1 aliphatic heterocycles. The smallest absolute Gasteiger partial charge is 0.0725 e. The van der Waals surface area contributed by atoms with Gasteiger partial charge in [-0.1, -0.05) is 24.4 Å². The quantitative estimate of drug-likeness (QED) is 0.669. The molecule has 3 heteroatoms. The highest BCUT2D eigenvalue weighted by Crippen LogP contribution is 2.47. The van der Waals surface area contributed by atoms with Crippen LogP contribution in [0.1, 0.15) is 0 Å². The lowest BCUT2D eigenvalue weighted by molar-refractivity contribution is 1.19. The average Bonchev–Trinajstić information content (AvgIpc) is 2.56. The monoisotopic (exact) mass is 214 g/mol. The highest BCUT2D eigenvalue weighted by molar-refractivity contribution is 8.04. The van der Waals surface area contributed by atoms with E-state index in [0.717, 1.165) is 10.5 Å². The summed E-state index contributed by atoms with van der Waals surface area (Å²) in [4.78, 5) is 7.74. The van der Waals surface area contributed by atoms with Gasteiger partial charge in [-0.15, -0.1) is 0 Å². The number of anilines is 1. The van der Waals surface area contributed by atoms with Gasteiger partial charge in [0, 0.05) is 23.5 Å². The minimum atomic E-state index is 1.05. The van der Waals surface area contributed by atoms with Gasteiger partial charge in [-0.25, -0.2) is 0 Å². The molecular weight excluding hydrogens is 204 g/mol. The third-order valence-corrected chi connectivity index (χ3v) is 3.81. The second kappa shape index (κ2) is 3.00. The molecule has 0 bridgehead atoms. The zero-order valence-corrected chi connectivity index (χ0v) is 9.21. The summed E-state index contributed by atoms with van der Waals surface area (Å²) < 4.78 is 0. The van der Waals surface area contributed by atoms with Gasteiger partial charge < -0.3 is 4.90 Å². The number of rotatable bonds is 0. The Balaban J connectivity index is 2.38. The van der Waals surface area contributed by atoms with Gasteiger partial charge >= 0.3 is 0 Å². The van der Waals surface area contributed by atoms with Gasteiger partial charge in [-0.3, -0.25) is 4.98 Å². The van der Waals surface area contributed by atoms with Crippen LogP contribution in [-0.4, -0.2) is 12.0 Å². The summed E-state index contributed by atoms with van der Waals surface area (Å²) >= 11 is 1.72. The Bertz CT molecular complexity index is 563. The van der Waals surface area contributed by atoms with Crippen LogP contribution >= 0.6 is 11.8 Å². The van der Waals surface area contributed by atoms with Gasteiger partial charge in [0.2, 0.25) is 0 Å². The van der Waals surface area contributed by atoms with Gasteiger partial charge in [-0.2, -0.15) is 0 Å². The molecule has 3 rings (SSSR count). The Labute approximate surface area is 92.6 Å². The second-order valence-electron chi connectivity index (χ2n) is 3.54. The molecule has 0 aliphatic carbocycles. The van der Waals surface area contributed by atoms with Crippen LogP contribution < -0.4 is 4.90 Å². The van der Waals surface area contributed by atoms with E-state index >= 15 is 0 Å². The van der Waals surface area contributed by atoms with Crippen molar-refractivity contribution < 1.29 is 0 Å². The molecule has 0 fully saturated rings. The van der Waals surface area contributed by atoms with Crippen molar-refractivity contribution in [3.63, 3.8) is 0 Å². The van der Waals surface area contributed by atoms with Crippen LogP contribution in [0.4, 0.5) is 5.69 Å². The Kier molecular flexibility index (Phi) is 1.76. The normalized spacial score (nSPS) is 14.7. The van der Waals surface area contributed by atoms with E-state index in [0.29, 0.717) is 0 Å². The molecule has 15 heavy (non-hydrogen) atoms. The molecule has 2 nitrogen and oxygen atoms in total. The molecular formula is C12H10N2S. The van der Waals surface area contributed by atoms with Crippen molar-refractivity contribution in [2.45, 2.75) is 4.90 Å². The summed E-state index contributed by atoms with van der Waals surface area (Å²) in [6.07, 6.45) is 1.83. The van der Waals surface area contributed by atoms with Crippen LogP contribution in [0.25, 0.3) is 10.9 Å². The molecule has 0 N–H and O–H groups in total. The van der Waals surface area contributed by atoms with Crippen LogP contribution in [0, 0.1) is 0 Å². The molecule has 1 aromatic heterocycles. The number of aromatic nitrogens is 1. The molecule has 2 aromatic rings. The largest absolute Gasteiger partial charge is 0.339 e. The van der Waals surface area contributed by atoms with Crippen LogP contribution in [0.15, 0.2) is 47.0 Å². The summed E-state index contributed by atoms with van der Waals surface area (Å²) in [5.74, 6) is 0. The predicted molar refractivity (Wildman–Crippen MR) is 65.1 cm³/mol. The molecule has 0 amide bonds. The van der Waals surface area contributed by atoms with Gasteiger partial charge in [0.1, 0.15) is 0 Å². The third kappa shape index (κ3) is 1.16. The number of hydrogen-bond donors (Lipinski definition) is 0. The number of pyridine rings is 1. The van der Waals surface area contributed by atoms with Crippen molar-refractivity contribution in [1.82, 2.24) is 4.98 Å². The van der Waals surface area contributed by atoms with Crippen LogP contribution in [0.5, 0.6) is 0 Å². The number of benzene rings is 1. The molecule has 0 radical (unpaired) electrons. The Morgan fingerprint density at radius 3 is 3.07 bits per heavy atom. The fourth-order valence-electron chi connectivity index (χ4n) is 1.81. The summed E-state index contributed by atoms with van der Waals surface area (Å²) in [5, 5.41) is 2.28. The maximum Gasteiger partial charge on any atom is 0.0725 e. The molecule has 1 aromatic carbocycles. The molecule has 0 saturated carbocycles. The molecule has 74 valence electrons. The fraction of sp³-hybridized carbons (Fsp3) is 0.0833. The van der Waals surface area contributed by atoms with E-state index in [1.54, 1.807) is 11.8 Å². The molecule has 1 aliphatic rings. The Morgan fingerprint density at radius 2 is 2.20 bits per heavy atom. The number of hydrogen-bond acceptors (Lipinski definition) is 3. The first kappa shape index (κ1) is 8.80. The molecule has 0 unspecified atom stereocenters. The molecule has 0 atom stereocenters. The predicted octanol–water partition coefficient (Wildman–Crippen LogP) is 3.25. The molecule has 2 heterocycles. The maximum atomic E-state index is 4.35. The second-order valence-corrected chi connectivity index (χ2v) is 4.62. The lowest BCUT2D eigenvalue weighted by atomic mass is 10.2. The minimum absolute atomic E-state index is 1.05. The minimum Gasteiger partial charge on any atom is -0.339 e. The van der Waals surface area contributed by atoms with Crippen molar-refractivity contribution in [1.29, 1.82) is 0 Å². The van der Waals surface area contributed by atoms with E-state index in [4.69, 9.17) is 0 Å². The van der Waals surface area contributed by atoms with Crippen LogP contribution in [0.3, 0.4) is 0 Å². The number of thioether (sulfide) groups is 1. The summed E-state index contributed by atoms with van der Waals surface area (Å²) in [6, 6.07) is 8.25. The zero-order chi connectivity index (χ0) is 10.4. The lowest BCUT2D eigenvalue weighted by Gasteiger charge is -2.11. The van der Waals surface area contributed by atoms with Crippen LogP contribution in [0.2, 0.25) is 0 Å². The van der Waals surface area contributed by atoms with Crippen LogP contribution in [-0.2, 0) is 0 Å². The lowest BCUT2D eigenvalue weighted by Crippen LogP contribution is -2.07. The van der Waals surface area contributed by atoms with E-state index in [1.165, 1.54) is 16.0 Å². The van der Waals surface area contributed by atoms with E-state index in [-0.39, 0.29) is 0 Å². The highest BCUT2D eigenvalue weighted by Gasteiger charge is 2.22. The van der Waals surface area contributed by atoms with E-state index in [1.807, 2.05) is 19.3 Å². The van der Waals surface area contributed by atoms with Crippen molar-refractivity contribution in [3.8, 4) is 0 Å². The van der Waals surface area contributed by atoms with E-state index in [2.05, 4.69) is 34.7 Å². The maximum absolute atomic E-state index is 4.35. The Morgan fingerprint density at radius 1 is 1.33 bits per heavy atom. The van der Waals surface area contributed by atoms with Crippen molar-refractivity contribution in [2.24, 2.45) is 0 Å². The summed E-state index contributed by atoms with van der Waals surface area (Å²) in [6.45, 7) is 4.03. The van der Waals surface area contributed by atoms with Crippen molar-refractivity contribution in [2.75, 3.05) is 11.9 Å². The zero-order valence-electron chi connectivity index (χ0n) is 8.40. The third-order valence-electron chi connectivity index (χ3n) is 2.67. The van der Waals surface area contributed by atoms with E-state index < -0.39 is 0 Å². The summed E-state index contributed by atoms with van der Waals surface area (Å²) in [5.41, 5.74) is 2.28.